The third kappa shape index (κ3) is 5.01. The van der Waals surface area contributed by atoms with Gasteiger partial charge in [0.15, 0.2) is 0 Å². The standard InChI is InChI=1S/C15H17F3N2O4S3/c1-9-3-4-10-12(9)11(7-19)14(26-8-25-6-5-23-2)20-13(10)24-27(21,22)15(16,17)18/h9H,3-6,8H2,1-2H3. The van der Waals surface area contributed by atoms with Gasteiger partial charge in [0.25, 0.3) is 0 Å². The van der Waals surface area contributed by atoms with Gasteiger partial charge in [0.05, 0.1) is 12.2 Å². The molecule has 0 saturated heterocycles. The van der Waals surface area contributed by atoms with Gasteiger partial charge in [-0.25, -0.2) is 4.98 Å². The number of ether oxygens (including phenoxy) is 1. The summed E-state index contributed by atoms with van der Waals surface area (Å²) in [5, 5.41) is 10.2. The van der Waals surface area contributed by atoms with Crippen molar-refractivity contribution in [2.45, 2.75) is 36.2 Å². The number of hydrogen-bond donors (Lipinski definition) is 0. The highest BCUT2D eigenvalue weighted by Crippen LogP contribution is 2.43. The highest BCUT2D eigenvalue weighted by atomic mass is 32.2. The molecule has 27 heavy (non-hydrogen) atoms. The minimum absolute atomic E-state index is 0.103. The number of halogens is 3. The normalized spacial score (nSPS) is 16.8. The van der Waals surface area contributed by atoms with Crippen LogP contribution in [0.1, 0.15) is 36.0 Å². The Kier molecular flexibility index (Phi) is 7.29. The molecule has 6 nitrogen and oxygen atoms in total. The molecule has 0 N–H and O–H groups in total. The second kappa shape index (κ2) is 8.89. The van der Waals surface area contributed by atoms with Gasteiger partial charge >= 0.3 is 15.6 Å². The van der Waals surface area contributed by atoms with Gasteiger partial charge in [-0.05, 0) is 24.3 Å². The molecule has 150 valence electrons. The summed E-state index contributed by atoms with van der Waals surface area (Å²) in [6, 6.07) is 2.05. The molecule has 2 rings (SSSR count). The van der Waals surface area contributed by atoms with Gasteiger partial charge in [-0.2, -0.15) is 26.9 Å². The highest BCUT2D eigenvalue weighted by molar-refractivity contribution is 8.16. The lowest BCUT2D eigenvalue weighted by molar-refractivity contribution is -0.0501. The van der Waals surface area contributed by atoms with Crippen molar-refractivity contribution < 1.29 is 30.5 Å². The minimum Gasteiger partial charge on any atom is -0.384 e. The lowest BCUT2D eigenvalue weighted by atomic mass is 10.00. The number of pyridine rings is 1. The number of alkyl halides is 3. The molecule has 1 aliphatic rings. The average Bonchev–Trinajstić information content (AvgIpc) is 2.96. The van der Waals surface area contributed by atoms with Gasteiger partial charge in [-0.1, -0.05) is 18.7 Å². The Morgan fingerprint density at radius 1 is 1.41 bits per heavy atom. The molecule has 1 heterocycles. The topological polar surface area (TPSA) is 89.3 Å². The largest absolute Gasteiger partial charge is 0.534 e. The summed E-state index contributed by atoms with van der Waals surface area (Å²) in [5.74, 6) is 0.00240. The minimum atomic E-state index is -5.84. The van der Waals surface area contributed by atoms with Crippen LogP contribution in [-0.4, -0.2) is 43.5 Å². The van der Waals surface area contributed by atoms with Crippen LogP contribution in [0.5, 0.6) is 5.88 Å². The van der Waals surface area contributed by atoms with E-state index in [0.29, 0.717) is 35.8 Å². The van der Waals surface area contributed by atoms with Crippen LogP contribution < -0.4 is 4.18 Å². The zero-order valence-electron chi connectivity index (χ0n) is 14.5. The van der Waals surface area contributed by atoms with E-state index < -0.39 is 21.5 Å². The van der Waals surface area contributed by atoms with Crippen molar-refractivity contribution in [3.63, 3.8) is 0 Å². The number of nitriles is 1. The number of hydrogen-bond acceptors (Lipinski definition) is 8. The molecule has 0 amide bonds. The van der Waals surface area contributed by atoms with Crippen molar-refractivity contribution in [3.05, 3.63) is 16.7 Å². The maximum atomic E-state index is 12.7. The molecule has 0 radical (unpaired) electrons. The fraction of sp³-hybridized carbons (Fsp3) is 0.600. The van der Waals surface area contributed by atoms with E-state index in [2.05, 4.69) is 15.2 Å². The van der Waals surface area contributed by atoms with E-state index in [1.165, 1.54) is 11.8 Å². The quantitative estimate of drug-likeness (QED) is 0.198. The van der Waals surface area contributed by atoms with Crippen LogP contribution in [0.2, 0.25) is 0 Å². The summed E-state index contributed by atoms with van der Waals surface area (Å²) in [5.41, 5.74) is -4.51. The second-order valence-electron chi connectivity index (χ2n) is 5.69. The predicted octanol–water partition coefficient (Wildman–Crippen LogP) is 3.66. The van der Waals surface area contributed by atoms with Crippen LogP contribution in [0.15, 0.2) is 5.03 Å². The first-order valence-corrected chi connectivity index (χ1v) is 11.3. The predicted molar refractivity (Wildman–Crippen MR) is 96.3 cm³/mol. The lowest BCUT2D eigenvalue weighted by Gasteiger charge is -2.16. The Morgan fingerprint density at radius 3 is 2.70 bits per heavy atom. The zero-order valence-corrected chi connectivity index (χ0v) is 16.9. The molecule has 1 unspecified atom stereocenters. The summed E-state index contributed by atoms with van der Waals surface area (Å²) in [6.07, 6.45) is 0.874. The van der Waals surface area contributed by atoms with Gasteiger partial charge in [0.2, 0.25) is 5.88 Å². The van der Waals surface area contributed by atoms with Gasteiger partial charge in [-0.3, -0.25) is 0 Å². The zero-order chi connectivity index (χ0) is 20.2. The maximum Gasteiger partial charge on any atom is 0.534 e. The fourth-order valence-electron chi connectivity index (χ4n) is 2.62. The van der Waals surface area contributed by atoms with E-state index in [-0.39, 0.29) is 22.1 Å². The van der Waals surface area contributed by atoms with E-state index in [1.54, 1.807) is 7.11 Å². The molecule has 1 aliphatic carbocycles. The first-order valence-electron chi connectivity index (χ1n) is 7.79. The molecule has 1 aromatic heterocycles. The molecule has 0 spiro atoms. The smallest absolute Gasteiger partial charge is 0.384 e. The fourth-order valence-corrected chi connectivity index (χ4v) is 5.04. The average molecular weight is 443 g/mol. The summed E-state index contributed by atoms with van der Waals surface area (Å²) < 4.78 is 70.2. The van der Waals surface area contributed by atoms with Crippen molar-refractivity contribution in [2.75, 3.05) is 24.6 Å². The number of fused-ring (bicyclic) bond motifs is 1. The van der Waals surface area contributed by atoms with E-state index in [4.69, 9.17) is 4.74 Å². The lowest BCUT2D eigenvalue weighted by Crippen LogP contribution is -2.29. The first kappa shape index (κ1) is 22.1. The highest BCUT2D eigenvalue weighted by Gasteiger charge is 2.49. The maximum absolute atomic E-state index is 12.7. The van der Waals surface area contributed by atoms with Gasteiger partial charge in [0, 0.05) is 23.5 Å². The molecule has 0 bridgehead atoms. The Bertz CT molecular complexity index is 838. The summed E-state index contributed by atoms with van der Waals surface area (Å²) >= 11 is 2.65. The Balaban J connectivity index is 2.40. The van der Waals surface area contributed by atoms with E-state index in [1.807, 2.05) is 6.92 Å². The molecule has 12 heteroatoms. The summed E-state index contributed by atoms with van der Waals surface area (Å²) in [6.45, 7) is 2.36. The van der Waals surface area contributed by atoms with Crippen molar-refractivity contribution >= 4 is 33.6 Å². The van der Waals surface area contributed by atoms with Crippen LogP contribution in [0.4, 0.5) is 13.2 Å². The number of aromatic nitrogens is 1. The van der Waals surface area contributed by atoms with Crippen molar-refractivity contribution in [3.8, 4) is 11.9 Å². The van der Waals surface area contributed by atoms with Crippen molar-refractivity contribution in [1.82, 2.24) is 4.98 Å². The second-order valence-corrected chi connectivity index (χ2v) is 9.66. The monoisotopic (exact) mass is 442 g/mol. The van der Waals surface area contributed by atoms with Crippen molar-refractivity contribution in [2.24, 2.45) is 0 Å². The first-order chi connectivity index (χ1) is 12.6. The van der Waals surface area contributed by atoms with Crippen LogP contribution >= 0.6 is 23.5 Å². The van der Waals surface area contributed by atoms with Gasteiger partial charge < -0.3 is 8.92 Å². The van der Waals surface area contributed by atoms with Crippen LogP contribution in [0.3, 0.4) is 0 Å². The Labute approximate surface area is 163 Å². The molecule has 0 fully saturated rings. The SMILES string of the molecule is COCCSCSc1nc(OS(=O)(=O)C(F)(F)F)c2c(c1C#N)C(C)CC2. The number of rotatable bonds is 8. The third-order valence-electron chi connectivity index (χ3n) is 3.88. The third-order valence-corrected chi connectivity index (χ3v) is 6.99. The Morgan fingerprint density at radius 2 is 2.11 bits per heavy atom. The molecule has 0 aromatic carbocycles. The molecular weight excluding hydrogens is 425 g/mol. The number of methoxy groups -OCH3 is 1. The summed E-state index contributed by atoms with van der Waals surface area (Å²) in [4.78, 5) is 3.96. The molecular formula is C15H17F3N2O4S3. The molecule has 1 atom stereocenters. The molecule has 0 saturated carbocycles. The van der Waals surface area contributed by atoms with Crippen LogP contribution in [-0.2, 0) is 21.3 Å². The van der Waals surface area contributed by atoms with Crippen LogP contribution in [0.25, 0.3) is 0 Å². The Hall–Kier alpha value is -1.16. The number of thioether (sulfide) groups is 2. The van der Waals surface area contributed by atoms with Crippen molar-refractivity contribution in [1.29, 1.82) is 5.26 Å². The van der Waals surface area contributed by atoms with Gasteiger partial charge in [-0.15, -0.1) is 11.8 Å². The van der Waals surface area contributed by atoms with Gasteiger partial charge in [0.1, 0.15) is 11.1 Å². The summed E-state index contributed by atoms with van der Waals surface area (Å²) in [7, 11) is -4.27. The van der Waals surface area contributed by atoms with E-state index in [0.717, 1.165) is 11.8 Å². The molecule has 0 aliphatic heterocycles. The number of nitrogens with zero attached hydrogens (tertiary/aromatic N) is 2. The van der Waals surface area contributed by atoms with E-state index in [9.17, 15) is 26.9 Å². The van der Waals surface area contributed by atoms with Crippen LogP contribution in [0, 0.1) is 11.3 Å². The van der Waals surface area contributed by atoms with E-state index >= 15 is 0 Å². The molecule has 1 aromatic rings.